The zero-order valence-corrected chi connectivity index (χ0v) is 9.07. The van der Waals surface area contributed by atoms with Crippen molar-refractivity contribution in [3.05, 3.63) is 18.0 Å². The zero-order chi connectivity index (χ0) is 12.3. The molecule has 0 fully saturated rings. The summed E-state index contributed by atoms with van der Waals surface area (Å²) in [7, 11) is 1.50. The number of aliphatic hydroxyl groups excluding tert-OH is 1. The van der Waals surface area contributed by atoms with E-state index >= 15 is 0 Å². The molecule has 8 nitrogen and oxygen atoms in total. The molecule has 0 amide bonds. The van der Waals surface area contributed by atoms with Gasteiger partial charge in [-0.15, -0.1) is 10.2 Å². The van der Waals surface area contributed by atoms with Crippen LogP contribution in [0.5, 0.6) is 5.88 Å². The first-order chi connectivity index (χ1) is 8.24. The van der Waals surface area contributed by atoms with Crippen molar-refractivity contribution in [3.63, 3.8) is 0 Å². The van der Waals surface area contributed by atoms with E-state index in [4.69, 9.17) is 20.1 Å². The van der Waals surface area contributed by atoms with Gasteiger partial charge in [0.2, 0.25) is 17.6 Å². The monoisotopic (exact) mass is 237 g/mol. The Labute approximate surface area is 96.4 Å². The molecule has 2 rings (SSSR count). The number of ether oxygens (including phenoxy) is 1. The molecule has 0 saturated heterocycles. The number of aromatic nitrogens is 4. The number of hydrogen-bond acceptors (Lipinski definition) is 8. The lowest BCUT2D eigenvalue weighted by Crippen LogP contribution is -2.14. The average molecular weight is 237 g/mol. The first-order valence-electron chi connectivity index (χ1n) is 4.82. The number of methoxy groups -OCH3 is 1. The van der Waals surface area contributed by atoms with E-state index < -0.39 is 6.04 Å². The Hall–Kier alpha value is -2.06. The van der Waals surface area contributed by atoms with Crippen LogP contribution in [-0.4, -0.2) is 39.2 Å². The maximum Gasteiger partial charge on any atom is 0.246 e. The number of nitrogens with zero attached hydrogens (tertiary/aromatic N) is 4. The topological polar surface area (TPSA) is 120 Å². The lowest BCUT2D eigenvalue weighted by Gasteiger charge is -1.98. The second kappa shape index (κ2) is 4.85. The number of rotatable bonds is 4. The van der Waals surface area contributed by atoms with Crippen LogP contribution in [-0.2, 0) is 0 Å². The third-order valence-corrected chi connectivity index (χ3v) is 2.03. The van der Waals surface area contributed by atoms with Crippen LogP contribution in [0, 0.1) is 0 Å². The van der Waals surface area contributed by atoms with E-state index in [1.165, 1.54) is 7.11 Å². The molecule has 2 aromatic rings. The summed E-state index contributed by atoms with van der Waals surface area (Å²) in [5, 5.41) is 20.2. The molecule has 2 aromatic heterocycles. The van der Waals surface area contributed by atoms with Gasteiger partial charge in [-0.3, -0.25) is 0 Å². The van der Waals surface area contributed by atoms with Crippen molar-refractivity contribution in [2.75, 3.05) is 13.7 Å². The van der Waals surface area contributed by atoms with Gasteiger partial charge in [-0.05, 0) is 6.07 Å². The van der Waals surface area contributed by atoms with Gasteiger partial charge >= 0.3 is 0 Å². The number of hydrogen-bond donors (Lipinski definition) is 2. The second-order valence-electron chi connectivity index (χ2n) is 3.21. The van der Waals surface area contributed by atoms with Crippen molar-refractivity contribution < 1.29 is 14.4 Å². The molecule has 0 spiro atoms. The predicted octanol–water partition coefficient (Wildman–Crippen LogP) is -0.473. The molecule has 0 aliphatic rings. The lowest BCUT2D eigenvalue weighted by molar-refractivity contribution is 0.237. The van der Waals surface area contributed by atoms with Gasteiger partial charge < -0.3 is 20.1 Å². The fourth-order valence-corrected chi connectivity index (χ4v) is 1.12. The molecule has 17 heavy (non-hydrogen) atoms. The minimum Gasteiger partial charge on any atom is -0.480 e. The Bertz CT molecular complexity index is 484. The van der Waals surface area contributed by atoms with Gasteiger partial charge in [-0.1, -0.05) is 5.16 Å². The lowest BCUT2D eigenvalue weighted by atomic mass is 10.3. The molecule has 0 saturated carbocycles. The standard InChI is InChI=1S/C9H11N5O3/c1-16-7-3-2-6(12-13-7)8-11-9(17-14-8)5(10)4-15/h2-3,5,15H,4,10H2,1H3/t5-/m1/s1. The number of aliphatic hydroxyl groups is 1. The SMILES string of the molecule is COc1ccc(-c2noc([C@H](N)CO)n2)nn1. The second-order valence-corrected chi connectivity index (χ2v) is 3.21. The largest absolute Gasteiger partial charge is 0.480 e. The summed E-state index contributed by atoms with van der Waals surface area (Å²) in [6.07, 6.45) is 0. The molecule has 1 atom stereocenters. The van der Waals surface area contributed by atoms with Crippen LogP contribution in [0.1, 0.15) is 11.9 Å². The molecular weight excluding hydrogens is 226 g/mol. The van der Waals surface area contributed by atoms with Gasteiger partial charge in [-0.2, -0.15) is 4.98 Å². The maximum atomic E-state index is 8.84. The van der Waals surface area contributed by atoms with Crippen LogP contribution in [0.4, 0.5) is 0 Å². The number of nitrogens with two attached hydrogens (primary N) is 1. The molecule has 2 heterocycles. The van der Waals surface area contributed by atoms with Crippen LogP contribution in [0.3, 0.4) is 0 Å². The highest BCUT2D eigenvalue weighted by Crippen LogP contribution is 2.16. The van der Waals surface area contributed by atoms with Gasteiger partial charge in [-0.25, -0.2) is 0 Å². The normalized spacial score (nSPS) is 12.4. The van der Waals surface area contributed by atoms with Gasteiger partial charge in [0.1, 0.15) is 11.7 Å². The first-order valence-corrected chi connectivity index (χ1v) is 4.82. The third kappa shape index (κ3) is 2.37. The molecule has 0 radical (unpaired) electrons. The van der Waals surface area contributed by atoms with Crippen molar-refractivity contribution >= 4 is 0 Å². The third-order valence-electron chi connectivity index (χ3n) is 2.03. The summed E-state index contributed by atoms with van der Waals surface area (Å²) in [6, 6.07) is 2.58. The highest BCUT2D eigenvalue weighted by atomic mass is 16.5. The highest BCUT2D eigenvalue weighted by molar-refractivity contribution is 5.47. The Kier molecular flexibility index (Phi) is 3.26. The fourth-order valence-electron chi connectivity index (χ4n) is 1.12. The van der Waals surface area contributed by atoms with Crippen molar-refractivity contribution in [1.29, 1.82) is 0 Å². The van der Waals surface area contributed by atoms with E-state index in [0.29, 0.717) is 11.6 Å². The Morgan fingerprint density at radius 2 is 2.29 bits per heavy atom. The quantitative estimate of drug-likeness (QED) is 0.731. The molecule has 8 heteroatoms. The smallest absolute Gasteiger partial charge is 0.246 e. The van der Waals surface area contributed by atoms with Crippen molar-refractivity contribution in [2.24, 2.45) is 5.73 Å². The fraction of sp³-hybridized carbons (Fsp3) is 0.333. The minimum atomic E-state index is -0.692. The van der Waals surface area contributed by atoms with Gasteiger partial charge in [0.25, 0.3) is 0 Å². The Morgan fingerprint density at radius 1 is 1.47 bits per heavy atom. The van der Waals surface area contributed by atoms with E-state index in [-0.39, 0.29) is 18.3 Å². The maximum absolute atomic E-state index is 8.84. The molecule has 0 bridgehead atoms. The van der Waals surface area contributed by atoms with Crippen LogP contribution < -0.4 is 10.5 Å². The summed E-state index contributed by atoms with van der Waals surface area (Å²) in [5.74, 6) is 0.809. The van der Waals surface area contributed by atoms with Crippen LogP contribution in [0.25, 0.3) is 11.5 Å². The zero-order valence-electron chi connectivity index (χ0n) is 9.07. The highest BCUT2D eigenvalue weighted by Gasteiger charge is 2.15. The van der Waals surface area contributed by atoms with Crippen LogP contribution in [0.15, 0.2) is 16.7 Å². The van der Waals surface area contributed by atoms with E-state index in [1.54, 1.807) is 12.1 Å². The van der Waals surface area contributed by atoms with Crippen molar-refractivity contribution in [2.45, 2.75) is 6.04 Å². The summed E-state index contributed by atoms with van der Waals surface area (Å²) >= 11 is 0. The predicted molar refractivity (Wildman–Crippen MR) is 55.9 cm³/mol. The summed E-state index contributed by atoms with van der Waals surface area (Å²) in [4.78, 5) is 4.00. The van der Waals surface area contributed by atoms with Crippen LogP contribution in [0.2, 0.25) is 0 Å². The van der Waals surface area contributed by atoms with Gasteiger partial charge in [0, 0.05) is 6.07 Å². The van der Waals surface area contributed by atoms with E-state index in [2.05, 4.69) is 20.3 Å². The van der Waals surface area contributed by atoms with E-state index in [1.807, 2.05) is 0 Å². The van der Waals surface area contributed by atoms with Gasteiger partial charge in [0.05, 0.1) is 13.7 Å². The summed E-state index contributed by atoms with van der Waals surface area (Å²) in [5.41, 5.74) is 5.97. The molecule has 0 aliphatic heterocycles. The summed E-state index contributed by atoms with van der Waals surface area (Å²) in [6.45, 7) is -0.268. The first kappa shape index (κ1) is 11.4. The average Bonchev–Trinajstić information content (AvgIpc) is 2.87. The van der Waals surface area contributed by atoms with Crippen LogP contribution >= 0.6 is 0 Å². The molecule has 90 valence electrons. The van der Waals surface area contributed by atoms with Crippen molar-refractivity contribution in [3.8, 4) is 17.4 Å². The van der Waals surface area contributed by atoms with E-state index in [0.717, 1.165) is 0 Å². The van der Waals surface area contributed by atoms with Crippen molar-refractivity contribution in [1.82, 2.24) is 20.3 Å². The minimum absolute atomic E-state index is 0.153. The molecule has 0 unspecified atom stereocenters. The molecule has 0 aromatic carbocycles. The van der Waals surface area contributed by atoms with E-state index in [9.17, 15) is 0 Å². The Balaban J connectivity index is 2.24. The molecule has 0 aliphatic carbocycles. The molecule has 3 N–H and O–H groups in total. The van der Waals surface area contributed by atoms with Gasteiger partial charge in [0.15, 0.2) is 0 Å². The molecular formula is C9H11N5O3. The summed E-state index contributed by atoms with van der Waals surface area (Å²) < 4.78 is 9.76. The Morgan fingerprint density at radius 3 is 2.88 bits per heavy atom.